The van der Waals surface area contributed by atoms with Gasteiger partial charge in [0.05, 0.1) is 31.1 Å². The number of nitrogens with zero attached hydrogens (tertiary/aromatic N) is 2. The molecule has 0 bridgehead atoms. The highest BCUT2D eigenvalue weighted by Gasteiger charge is 2.20. The van der Waals surface area contributed by atoms with Gasteiger partial charge >= 0.3 is 5.97 Å². The number of benzene rings is 1. The molecule has 0 radical (unpaired) electrons. The maximum absolute atomic E-state index is 12.3. The lowest BCUT2D eigenvalue weighted by Crippen LogP contribution is -2.37. The summed E-state index contributed by atoms with van der Waals surface area (Å²) < 4.78 is 12.6. The lowest BCUT2D eigenvalue weighted by Gasteiger charge is -2.30. The maximum atomic E-state index is 12.3. The molecule has 0 saturated carbocycles. The lowest BCUT2D eigenvalue weighted by atomic mass is 10.1. The second-order valence-corrected chi connectivity index (χ2v) is 5.11. The van der Waals surface area contributed by atoms with Crippen LogP contribution in [0.5, 0.6) is 0 Å². The lowest BCUT2D eigenvalue weighted by molar-refractivity contribution is 0.0526. The Kier molecular flexibility index (Phi) is 4.44. The third-order valence-electron chi connectivity index (χ3n) is 3.73. The van der Waals surface area contributed by atoms with Crippen molar-refractivity contribution in [2.24, 2.45) is 0 Å². The molecular formula is C17H20N2O3. The van der Waals surface area contributed by atoms with Crippen molar-refractivity contribution in [2.45, 2.75) is 6.92 Å². The zero-order chi connectivity index (χ0) is 15.4. The van der Waals surface area contributed by atoms with Crippen LogP contribution in [-0.2, 0) is 9.47 Å². The highest BCUT2D eigenvalue weighted by atomic mass is 16.5. The molecule has 5 heteroatoms. The molecule has 5 nitrogen and oxygen atoms in total. The summed E-state index contributed by atoms with van der Waals surface area (Å²) in [4.78, 5) is 14.5. The molecule has 1 aromatic carbocycles. The highest BCUT2D eigenvalue weighted by molar-refractivity contribution is 5.96. The summed E-state index contributed by atoms with van der Waals surface area (Å²) in [7, 11) is 0. The molecule has 0 N–H and O–H groups in total. The van der Waals surface area contributed by atoms with Crippen molar-refractivity contribution in [3.05, 3.63) is 48.3 Å². The number of morpholine rings is 1. The molecule has 116 valence electrons. The molecule has 1 saturated heterocycles. The summed E-state index contributed by atoms with van der Waals surface area (Å²) in [6.45, 7) is 5.13. The first-order valence-electron chi connectivity index (χ1n) is 7.57. The van der Waals surface area contributed by atoms with E-state index < -0.39 is 0 Å². The smallest absolute Gasteiger partial charge is 0.340 e. The number of anilines is 1. The summed E-state index contributed by atoms with van der Waals surface area (Å²) in [6.07, 6.45) is 3.91. The van der Waals surface area contributed by atoms with Gasteiger partial charge in [-0.2, -0.15) is 0 Å². The van der Waals surface area contributed by atoms with Crippen LogP contribution in [0.4, 0.5) is 5.69 Å². The van der Waals surface area contributed by atoms with Gasteiger partial charge in [-0.1, -0.05) is 0 Å². The van der Waals surface area contributed by atoms with Crippen molar-refractivity contribution < 1.29 is 14.3 Å². The second-order valence-electron chi connectivity index (χ2n) is 5.11. The number of rotatable bonds is 4. The van der Waals surface area contributed by atoms with Crippen molar-refractivity contribution >= 4 is 11.7 Å². The van der Waals surface area contributed by atoms with Crippen LogP contribution >= 0.6 is 0 Å². The molecule has 1 aliphatic rings. The van der Waals surface area contributed by atoms with Crippen LogP contribution in [0.25, 0.3) is 5.69 Å². The van der Waals surface area contributed by atoms with Gasteiger partial charge < -0.3 is 18.9 Å². The van der Waals surface area contributed by atoms with Gasteiger partial charge in [-0.3, -0.25) is 0 Å². The summed E-state index contributed by atoms with van der Waals surface area (Å²) >= 11 is 0. The minimum absolute atomic E-state index is 0.280. The van der Waals surface area contributed by atoms with Gasteiger partial charge in [0.15, 0.2) is 0 Å². The number of hydrogen-bond acceptors (Lipinski definition) is 4. The number of carbonyl (C=O) groups is 1. The Morgan fingerprint density at radius 2 is 1.95 bits per heavy atom. The number of esters is 1. The Morgan fingerprint density at radius 3 is 2.64 bits per heavy atom. The third-order valence-corrected chi connectivity index (χ3v) is 3.73. The van der Waals surface area contributed by atoms with E-state index in [0.29, 0.717) is 25.4 Å². The van der Waals surface area contributed by atoms with Gasteiger partial charge in [0.25, 0.3) is 0 Å². The predicted octanol–water partition coefficient (Wildman–Crippen LogP) is 2.49. The molecule has 0 spiro atoms. The molecule has 1 fully saturated rings. The van der Waals surface area contributed by atoms with E-state index in [1.807, 2.05) is 54.2 Å². The molecule has 0 atom stereocenters. The molecule has 1 aliphatic heterocycles. The summed E-state index contributed by atoms with van der Waals surface area (Å²) in [5.41, 5.74) is 2.47. The summed E-state index contributed by atoms with van der Waals surface area (Å²) in [5, 5.41) is 0. The van der Waals surface area contributed by atoms with Gasteiger partial charge in [-0.25, -0.2) is 4.79 Å². The molecule has 2 heterocycles. The Hall–Kier alpha value is -2.27. The van der Waals surface area contributed by atoms with E-state index in [1.54, 1.807) is 0 Å². The molecule has 0 unspecified atom stereocenters. The van der Waals surface area contributed by atoms with Crippen molar-refractivity contribution in [1.29, 1.82) is 0 Å². The normalized spacial score (nSPS) is 14.9. The SMILES string of the molecule is CCOC(=O)c1cc(-n2cccc2)ccc1N1CCOCC1. The zero-order valence-corrected chi connectivity index (χ0v) is 12.7. The van der Waals surface area contributed by atoms with Crippen molar-refractivity contribution in [3.8, 4) is 5.69 Å². The minimum atomic E-state index is -0.280. The summed E-state index contributed by atoms with van der Waals surface area (Å²) in [6, 6.07) is 9.82. The highest BCUT2D eigenvalue weighted by Crippen LogP contribution is 2.25. The molecule has 3 rings (SSSR count). The first-order valence-corrected chi connectivity index (χ1v) is 7.57. The topological polar surface area (TPSA) is 43.7 Å². The van der Waals surface area contributed by atoms with Crippen LogP contribution in [0, 0.1) is 0 Å². The average molecular weight is 300 g/mol. The van der Waals surface area contributed by atoms with Crippen molar-refractivity contribution in [3.63, 3.8) is 0 Å². The van der Waals surface area contributed by atoms with Crippen molar-refractivity contribution in [2.75, 3.05) is 37.8 Å². The summed E-state index contributed by atoms with van der Waals surface area (Å²) in [5.74, 6) is -0.280. The Balaban J connectivity index is 1.99. The van der Waals surface area contributed by atoms with E-state index in [9.17, 15) is 4.79 Å². The average Bonchev–Trinajstić information content (AvgIpc) is 3.10. The number of aromatic nitrogens is 1. The van der Waals surface area contributed by atoms with E-state index in [1.165, 1.54) is 0 Å². The first-order chi connectivity index (χ1) is 10.8. The van der Waals surface area contributed by atoms with Gasteiger partial charge in [0, 0.05) is 31.2 Å². The first kappa shape index (κ1) is 14.7. The molecule has 1 aromatic heterocycles. The predicted molar refractivity (Wildman–Crippen MR) is 84.8 cm³/mol. The molecule has 2 aromatic rings. The van der Waals surface area contributed by atoms with Crippen LogP contribution in [0.1, 0.15) is 17.3 Å². The van der Waals surface area contributed by atoms with Gasteiger partial charge in [-0.05, 0) is 37.3 Å². The fourth-order valence-electron chi connectivity index (χ4n) is 2.64. The molecular weight excluding hydrogens is 280 g/mol. The second kappa shape index (κ2) is 6.66. The monoisotopic (exact) mass is 300 g/mol. The van der Waals surface area contributed by atoms with Crippen LogP contribution in [-0.4, -0.2) is 43.4 Å². The number of carbonyl (C=O) groups excluding carboxylic acids is 1. The standard InChI is InChI=1S/C17H20N2O3/c1-2-22-17(20)15-13-14(18-7-3-4-8-18)5-6-16(15)19-9-11-21-12-10-19/h3-8,13H,2,9-12H2,1H3. The Labute approximate surface area is 130 Å². The van der Waals surface area contributed by atoms with Crippen LogP contribution in [0.2, 0.25) is 0 Å². The maximum Gasteiger partial charge on any atom is 0.340 e. The van der Waals surface area contributed by atoms with Gasteiger partial charge in [0.2, 0.25) is 0 Å². The van der Waals surface area contributed by atoms with E-state index in [-0.39, 0.29) is 5.97 Å². The van der Waals surface area contributed by atoms with E-state index in [2.05, 4.69) is 4.90 Å². The van der Waals surface area contributed by atoms with Crippen LogP contribution < -0.4 is 4.90 Å². The van der Waals surface area contributed by atoms with Gasteiger partial charge in [0.1, 0.15) is 0 Å². The largest absolute Gasteiger partial charge is 0.462 e. The van der Waals surface area contributed by atoms with Crippen LogP contribution in [0.3, 0.4) is 0 Å². The van der Waals surface area contributed by atoms with Crippen LogP contribution in [0.15, 0.2) is 42.7 Å². The Morgan fingerprint density at radius 1 is 1.23 bits per heavy atom. The zero-order valence-electron chi connectivity index (χ0n) is 12.7. The van der Waals surface area contributed by atoms with Crippen molar-refractivity contribution in [1.82, 2.24) is 4.57 Å². The molecule has 0 aliphatic carbocycles. The third kappa shape index (κ3) is 2.99. The fraction of sp³-hybridized carbons (Fsp3) is 0.353. The van der Waals surface area contributed by atoms with Gasteiger partial charge in [-0.15, -0.1) is 0 Å². The van der Waals surface area contributed by atoms with E-state index in [4.69, 9.17) is 9.47 Å². The molecule has 0 amide bonds. The molecule has 22 heavy (non-hydrogen) atoms. The van der Waals surface area contributed by atoms with E-state index >= 15 is 0 Å². The fourth-order valence-corrected chi connectivity index (χ4v) is 2.64. The number of hydrogen-bond donors (Lipinski definition) is 0. The quantitative estimate of drug-likeness (QED) is 0.814. The minimum Gasteiger partial charge on any atom is -0.462 e. The number of ether oxygens (including phenoxy) is 2. The Bertz CT molecular complexity index is 631. The van der Waals surface area contributed by atoms with E-state index in [0.717, 1.165) is 24.5 Å².